The number of benzene rings is 1. The maximum atomic E-state index is 13.7. The predicted molar refractivity (Wildman–Crippen MR) is 120 cm³/mol. The fraction of sp³-hybridized carbons (Fsp3) is 0.611. The van der Waals surface area contributed by atoms with Crippen molar-refractivity contribution in [2.45, 2.75) is 38.8 Å². The third-order valence-electron chi connectivity index (χ3n) is 4.23. The fourth-order valence-electron chi connectivity index (χ4n) is 2.73. The molecule has 0 spiro atoms. The lowest BCUT2D eigenvalue weighted by molar-refractivity contribution is 0.0200. The van der Waals surface area contributed by atoms with Crippen LogP contribution < -0.4 is 15.4 Å². The number of nitrogens with one attached hydrogen (secondary N) is 3. The van der Waals surface area contributed by atoms with Crippen LogP contribution >= 0.6 is 24.0 Å². The van der Waals surface area contributed by atoms with Crippen molar-refractivity contribution in [3.8, 4) is 0 Å². The molecule has 1 aromatic rings. The van der Waals surface area contributed by atoms with Crippen LogP contribution in [0.4, 0.5) is 8.78 Å². The molecule has 1 aromatic carbocycles. The molecule has 1 saturated heterocycles. The van der Waals surface area contributed by atoms with Crippen LogP contribution in [0.15, 0.2) is 23.2 Å². The Balaban J connectivity index is 0.00000420. The number of hydrogen-bond acceptors (Lipinski definition) is 4. The Morgan fingerprint density at radius 2 is 2.07 bits per heavy atom. The van der Waals surface area contributed by atoms with E-state index in [9.17, 15) is 17.2 Å². The molecule has 0 aromatic heterocycles. The molecule has 1 aliphatic heterocycles. The zero-order valence-electron chi connectivity index (χ0n) is 16.4. The lowest BCUT2D eigenvalue weighted by atomic mass is 10.1. The molecule has 3 N–H and O–H groups in total. The average molecular weight is 546 g/mol. The monoisotopic (exact) mass is 546 g/mol. The van der Waals surface area contributed by atoms with Gasteiger partial charge in [-0.1, -0.05) is 0 Å². The van der Waals surface area contributed by atoms with E-state index in [0.29, 0.717) is 19.1 Å². The van der Waals surface area contributed by atoms with Crippen molar-refractivity contribution in [2.75, 3.05) is 32.0 Å². The number of nitrogens with zero attached hydrogens (tertiary/aromatic N) is 1. The zero-order chi connectivity index (χ0) is 20.4. The molecule has 7 nitrogen and oxygen atoms in total. The first kappa shape index (κ1) is 26.0. The smallest absolute Gasteiger partial charge is 0.213 e. The van der Waals surface area contributed by atoms with Gasteiger partial charge in [0.2, 0.25) is 10.0 Å². The summed E-state index contributed by atoms with van der Waals surface area (Å²) in [5.41, 5.74) is 0.124. The number of halogens is 3. The molecule has 0 bridgehead atoms. The second-order valence-electron chi connectivity index (χ2n) is 6.51. The maximum Gasteiger partial charge on any atom is 0.213 e. The van der Waals surface area contributed by atoms with Crippen LogP contribution in [0.3, 0.4) is 0 Å². The molecule has 1 aliphatic rings. The summed E-state index contributed by atoms with van der Waals surface area (Å²) in [5, 5.41) is 5.84. The highest BCUT2D eigenvalue weighted by molar-refractivity contribution is 14.0. The van der Waals surface area contributed by atoms with Crippen LogP contribution in [-0.4, -0.2) is 52.5 Å². The summed E-state index contributed by atoms with van der Waals surface area (Å²) >= 11 is 0. The van der Waals surface area contributed by atoms with E-state index in [4.69, 9.17) is 4.74 Å². The molecule has 29 heavy (non-hydrogen) atoms. The highest BCUT2D eigenvalue weighted by Crippen LogP contribution is 2.12. The van der Waals surface area contributed by atoms with Crippen molar-refractivity contribution in [3.05, 3.63) is 35.4 Å². The predicted octanol–water partition coefficient (Wildman–Crippen LogP) is 2.13. The van der Waals surface area contributed by atoms with Gasteiger partial charge in [0, 0.05) is 31.8 Å². The lowest BCUT2D eigenvalue weighted by Gasteiger charge is -2.22. The minimum atomic E-state index is -3.46. The number of ether oxygens (including phenoxy) is 1. The summed E-state index contributed by atoms with van der Waals surface area (Å²) in [7, 11) is -3.46. The Morgan fingerprint density at radius 3 is 2.76 bits per heavy atom. The van der Waals surface area contributed by atoms with E-state index in [0.717, 1.165) is 37.5 Å². The lowest BCUT2D eigenvalue weighted by Crippen LogP contribution is -2.42. The van der Waals surface area contributed by atoms with E-state index in [-0.39, 0.29) is 61.0 Å². The number of rotatable bonds is 9. The molecule has 1 atom stereocenters. The first-order valence-electron chi connectivity index (χ1n) is 9.44. The van der Waals surface area contributed by atoms with E-state index >= 15 is 0 Å². The highest BCUT2D eigenvalue weighted by atomic mass is 127. The SMILES string of the molecule is CCNC(=NCc1cc(F)ccc1F)NCCS(=O)(=O)NCC1CCCCO1.I. The minimum Gasteiger partial charge on any atom is -0.377 e. The van der Waals surface area contributed by atoms with E-state index in [1.165, 1.54) is 0 Å². The van der Waals surface area contributed by atoms with E-state index in [2.05, 4.69) is 20.3 Å². The first-order valence-corrected chi connectivity index (χ1v) is 11.1. The van der Waals surface area contributed by atoms with Gasteiger partial charge >= 0.3 is 0 Å². The Hall–Kier alpha value is -1.05. The van der Waals surface area contributed by atoms with E-state index in [1.54, 1.807) is 0 Å². The van der Waals surface area contributed by atoms with Gasteiger partial charge in [0.1, 0.15) is 11.6 Å². The van der Waals surface area contributed by atoms with Crippen LogP contribution in [-0.2, 0) is 21.3 Å². The normalized spacial score (nSPS) is 17.5. The molecule has 2 rings (SSSR count). The Bertz CT molecular complexity index is 759. The quantitative estimate of drug-likeness (QED) is 0.251. The Labute approximate surface area is 188 Å². The van der Waals surface area contributed by atoms with E-state index in [1.807, 2.05) is 6.92 Å². The third kappa shape index (κ3) is 10.0. The average Bonchev–Trinajstić information content (AvgIpc) is 2.68. The zero-order valence-corrected chi connectivity index (χ0v) is 19.6. The number of guanidine groups is 1. The molecule has 0 saturated carbocycles. The number of hydrogen-bond donors (Lipinski definition) is 3. The second kappa shape index (κ2) is 13.3. The van der Waals surface area contributed by atoms with Crippen LogP contribution in [0.5, 0.6) is 0 Å². The van der Waals surface area contributed by atoms with Crippen molar-refractivity contribution in [3.63, 3.8) is 0 Å². The number of aliphatic imine (C=N–C) groups is 1. The van der Waals surface area contributed by atoms with Crippen molar-refractivity contribution in [2.24, 2.45) is 4.99 Å². The molecule has 1 heterocycles. The van der Waals surface area contributed by atoms with Gasteiger partial charge in [-0.15, -0.1) is 24.0 Å². The summed E-state index contributed by atoms with van der Waals surface area (Å²) in [5.74, 6) is -0.892. The van der Waals surface area contributed by atoms with Gasteiger partial charge in [0.25, 0.3) is 0 Å². The first-order chi connectivity index (χ1) is 13.4. The van der Waals surface area contributed by atoms with E-state index < -0.39 is 21.7 Å². The maximum absolute atomic E-state index is 13.7. The molecule has 0 amide bonds. The van der Waals surface area contributed by atoms with Gasteiger partial charge in [0.05, 0.1) is 18.4 Å². The molecule has 0 aliphatic carbocycles. The standard InChI is InChI=1S/C18H28F2N4O3S.HI/c1-2-21-18(23-12-14-11-15(19)6-7-17(14)20)22-8-10-28(25,26)24-13-16-5-3-4-9-27-16;/h6-7,11,16,24H,2-5,8-10,12-13H2,1H3,(H2,21,22,23);1H. The Morgan fingerprint density at radius 1 is 1.28 bits per heavy atom. The van der Waals surface area contributed by atoms with Crippen molar-refractivity contribution >= 4 is 40.0 Å². The van der Waals surface area contributed by atoms with Crippen molar-refractivity contribution < 1.29 is 21.9 Å². The van der Waals surface area contributed by atoms with Gasteiger partial charge in [-0.25, -0.2) is 26.9 Å². The van der Waals surface area contributed by atoms with Crippen molar-refractivity contribution in [1.82, 2.24) is 15.4 Å². The van der Waals surface area contributed by atoms with Gasteiger partial charge in [-0.2, -0.15) is 0 Å². The van der Waals surface area contributed by atoms with Crippen LogP contribution in [0.2, 0.25) is 0 Å². The number of sulfonamides is 1. The largest absolute Gasteiger partial charge is 0.377 e. The summed E-state index contributed by atoms with van der Waals surface area (Å²) in [6.07, 6.45) is 2.84. The highest BCUT2D eigenvalue weighted by Gasteiger charge is 2.17. The van der Waals surface area contributed by atoms with Gasteiger partial charge in [-0.3, -0.25) is 0 Å². The third-order valence-corrected chi connectivity index (χ3v) is 5.58. The van der Waals surface area contributed by atoms with Crippen LogP contribution in [0.1, 0.15) is 31.7 Å². The van der Waals surface area contributed by atoms with Gasteiger partial charge < -0.3 is 15.4 Å². The molecule has 166 valence electrons. The molecule has 0 radical (unpaired) electrons. The van der Waals surface area contributed by atoms with Gasteiger partial charge in [0.15, 0.2) is 5.96 Å². The fourth-order valence-corrected chi connectivity index (χ4v) is 3.69. The van der Waals surface area contributed by atoms with Gasteiger partial charge in [-0.05, 0) is 44.4 Å². The molecule has 11 heteroatoms. The topological polar surface area (TPSA) is 91.8 Å². The summed E-state index contributed by atoms with van der Waals surface area (Å²) in [6.45, 7) is 3.39. The van der Waals surface area contributed by atoms with Crippen LogP contribution in [0, 0.1) is 11.6 Å². The summed E-state index contributed by atoms with van der Waals surface area (Å²) in [4.78, 5) is 4.18. The molecular weight excluding hydrogens is 517 g/mol. The summed E-state index contributed by atoms with van der Waals surface area (Å²) < 4.78 is 59.2. The minimum absolute atomic E-state index is 0. The Kier molecular flexibility index (Phi) is 11.9. The second-order valence-corrected chi connectivity index (χ2v) is 8.44. The molecule has 1 unspecified atom stereocenters. The molecular formula is C18H29F2IN4O3S. The van der Waals surface area contributed by atoms with Crippen molar-refractivity contribution in [1.29, 1.82) is 0 Å². The molecule has 1 fully saturated rings. The van der Waals surface area contributed by atoms with Crippen LogP contribution in [0.25, 0.3) is 0 Å². The summed E-state index contributed by atoms with van der Waals surface area (Å²) in [6, 6.07) is 3.18.